The Morgan fingerprint density at radius 2 is 2.00 bits per heavy atom. The minimum Gasteiger partial charge on any atom is -0.508 e. The number of hydrogen-bond donors (Lipinski definition) is 3. The van der Waals surface area contributed by atoms with Crippen molar-refractivity contribution in [2.24, 2.45) is 0 Å². The summed E-state index contributed by atoms with van der Waals surface area (Å²) >= 11 is 0. The molecular formula is C22H25FN2O3. The second kappa shape index (κ2) is 7.34. The standard InChI is InChI=1S/C22H25FN2O3/c1-22(9-5-2-6-10-22)14-11-15(23)17(12-18(14)26)25-21(27)20-13-24-16-7-3-4-8-19(16)28-20/h3-4,7-8,11-12,20,24,26H,2,5-6,9-10,13H2,1H3,(H,25,27). The number of aromatic hydroxyl groups is 1. The van der Waals surface area contributed by atoms with Crippen LogP contribution in [0, 0.1) is 5.82 Å². The number of carbonyl (C=O) groups excluding carboxylic acids is 1. The molecule has 1 unspecified atom stereocenters. The number of anilines is 2. The van der Waals surface area contributed by atoms with Gasteiger partial charge in [-0.1, -0.05) is 38.3 Å². The van der Waals surface area contributed by atoms with Gasteiger partial charge in [0, 0.05) is 11.6 Å². The third-order valence-corrected chi connectivity index (χ3v) is 5.88. The number of fused-ring (bicyclic) bond motifs is 1. The third kappa shape index (κ3) is 3.51. The summed E-state index contributed by atoms with van der Waals surface area (Å²) < 4.78 is 20.5. The highest BCUT2D eigenvalue weighted by Gasteiger charge is 2.33. The summed E-state index contributed by atoms with van der Waals surface area (Å²) in [7, 11) is 0. The molecule has 4 rings (SSSR count). The van der Waals surface area contributed by atoms with Gasteiger partial charge in [0.05, 0.1) is 17.9 Å². The lowest BCUT2D eigenvalue weighted by Crippen LogP contribution is -2.41. The first-order valence-corrected chi connectivity index (χ1v) is 9.80. The first kappa shape index (κ1) is 18.6. The molecule has 0 spiro atoms. The van der Waals surface area contributed by atoms with E-state index in [1.165, 1.54) is 18.6 Å². The van der Waals surface area contributed by atoms with Gasteiger partial charge in [-0.15, -0.1) is 0 Å². The van der Waals surface area contributed by atoms with Crippen LogP contribution >= 0.6 is 0 Å². The largest absolute Gasteiger partial charge is 0.508 e. The van der Waals surface area contributed by atoms with Crippen LogP contribution in [0.1, 0.15) is 44.6 Å². The molecule has 3 N–H and O–H groups in total. The molecule has 1 saturated carbocycles. The Morgan fingerprint density at radius 3 is 2.79 bits per heavy atom. The van der Waals surface area contributed by atoms with E-state index in [0.29, 0.717) is 11.3 Å². The van der Waals surface area contributed by atoms with E-state index in [1.807, 2.05) is 18.2 Å². The van der Waals surface area contributed by atoms with Crippen LogP contribution in [0.4, 0.5) is 15.8 Å². The fourth-order valence-electron chi connectivity index (χ4n) is 4.21. The number of phenolic OH excluding ortho intramolecular Hbond substituents is 1. The van der Waals surface area contributed by atoms with Gasteiger partial charge < -0.3 is 20.5 Å². The van der Waals surface area contributed by atoms with Crippen molar-refractivity contribution < 1.29 is 19.0 Å². The highest BCUT2D eigenvalue weighted by molar-refractivity contribution is 5.95. The van der Waals surface area contributed by atoms with Gasteiger partial charge in [-0.2, -0.15) is 0 Å². The number of ether oxygens (including phenoxy) is 1. The molecule has 6 heteroatoms. The number of hydrogen-bond acceptors (Lipinski definition) is 4. The molecule has 1 amide bonds. The van der Waals surface area contributed by atoms with Crippen LogP contribution in [0.15, 0.2) is 36.4 Å². The number of para-hydroxylation sites is 2. The zero-order valence-electron chi connectivity index (χ0n) is 15.9. The van der Waals surface area contributed by atoms with E-state index in [4.69, 9.17) is 4.74 Å². The minimum absolute atomic E-state index is 0.0223. The van der Waals surface area contributed by atoms with Crippen molar-refractivity contribution >= 4 is 17.3 Å². The van der Waals surface area contributed by atoms with E-state index in [0.717, 1.165) is 31.4 Å². The predicted octanol–water partition coefficient (Wildman–Crippen LogP) is 4.56. The second-order valence-corrected chi connectivity index (χ2v) is 7.94. The Labute approximate surface area is 163 Å². The minimum atomic E-state index is -0.785. The smallest absolute Gasteiger partial charge is 0.267 e. The topological polar surface area (TPSA) is 70.6 Å². The van der Waals surface area contributed by atoms with Crippen LogP contribution in [-0.4, -0.2) is 23.7 Å². The van der Waals surface area contributed by atoms with Crippen molar-refractivity contribution in [2.45, 2.75) is 50.5 Å². The summed E-state index contributed by atoms with van der Waals surface area (Å²) in [6.07, 6.45) is 4.38. The number of phenols is 1. The van der Waals surface area contributed by atoms with Crippen molar-refractivity contribution in [3.05, 3.63) is 47.8 Å². The highest BCUT2D eigenvalue weighted by atomic mass is 19.1. The van der Waals surface area contributed by atoms with Crippen LogP contribution in [-0.2, 0) is 10.2 Å². The Morgan fingerprint density at radius 1 is 1.25 bits per heavy atom. The maximum atomic E-state index is 14.7. The first-order valence-electron chi connectivity index (χ1n) is 9.80. The lowest BCUT2D eigenvalue weighted by atomic mass is 9.70. The molecule has 1 heterocycles. The first-order chi connectivity index (χ1) is 13.5. The molecule has 5 nitrogen and oxygen atoms in total. The summed E-state index contributed by atoms with van der Waals surface area (Å²) in [6, 6.07) is 10.0. The molecule has 1 aliphatic carbocycles. The maximum absolute atomic E-state index is 14.7. The maximum Gasteiger partial charge on any atom is 0.267 e. The predicted molar refractivity (Wildman–Crippen MR) is 106 cm³/mol. The van der Waals surface area contributed by atoms with E-state index in [-0.39, 0.29) is 23.4 Å². The average molecular weight is 384 g/mol. The number of rotatable bonds is 3. The molecule has 1 fully saturated rings. The van der Waals surface area contributed by atoms with E-state index in [9.17, 15) is 14.3 Å². The summed E-state index contributed by atoms with van der Waals surface area (Å²) in [5.41, 5.74) is 1.17. The van der Waals surface area contributed by atoms with Gasteiger partial charge >= 0.3 is 0 Å². The molecule has 2 aliphatic rings. The Balaban J connectivity index is 1.51. The number of halogens is 1. The molecule has 0 aromatic heterocycles. The fraction of sp³-hybridized carbons (Fsp3) is 0.409. The lowest BCUT2D eigenvalue weighted by Gasteiger charge is -2.34. The third-order valence-electron chi connectivity index (χ3n) is 5.88. The molecule has 2 aromatic carbocycles. The van der Waals surface area contributed by atoms with Crippen LogP contribution in [0.5, 0.6) is 11.5 Å². The number of carbonyl (C=O) groups is 1. The molecule has 148 valence electrons. The zero-order valence-corrected chi connectivity index (χ0v) is 15.9. The molecule has 28 heavy (non-hydrogen) atoms. The van der Waals surface area contributed by atoms with Crippen molar-refractivity contribution in [1.29, 1.82) is 0 Å². The summed E-state index contributed by atoms with van der Waals surface area (Å²) in [6.45, 7) is 2.35. The number of benzene rings is 2. The Bertz CT molecular complexity index is 893. The summed E-state index contributed by atoms with van der Waals surface area (Å²) in [5, 5.41) is 16.2. The van der Waals surface area contributed by atoms with Crippen LogP contribution in [0.2, 0.25) is 0 Å². The Kier molecular flexibility index (Phi) is 4.87. The molecule has 0 radical (unpaired) electrons. The monoisotopic (exact) mass is 384 g/mol. The number of nitrogens with one attached hydrogen (secondary N) is 2. The van der Waals surface area contributed by atoms with E-state index in [1.54, 1.807) is 6.07 Å². The molecule has 0 bridgehead atoms. The van der Waals surface area contributed by atoms with Gasteiger partial charge in [0.15, 0.2) is 6.10 Å². The van der Waals surface area contributed by atoms with E-state index in [2.05, 4.69) is 17.6 Å². The number of amides is 1. The molecule has 1 atom stereocenters. The van der Waals surface area contributed by atoms with Crippen molar-refractivity contribution in [2.75, 3.05) is 17.2 Å². The molecular weight excluding hydrogens is 359 g/mol. The van der Waals surface area contributed by atoms with Gasteiger partial charge in [-0.05, 0) is 36.5 Å². The summed E-state index contributed by atoms with van der Waals surface area (Å²) in [5.74, 6) is -0.402. The quantitative estimate of drug-likeness (QED) is 0.725. The highest BCUT2D eigenvalue weighted by Crippen LogP contribution is 2.44. The zero-order chi connectivity index (χ0) is 19.7. The van der Waals surface area contributed by atoms with Crippen molar-refractivity contribution in [3.63, 3.8) is 0 Å². The van der Waals surface area contributed by atoms with Crippen LogP contribution in [0.25, 0.3) is 0 Å². The molecule has 2 aromatic rings. The van der Waals surface area contributed by atoms with Gasteiger partial charge in [0.2, 0.25) is 0 Å². The van der Waals surface area contributed by atoms with E-state index < -0.39 is 17.8 Å². The molecule has 0 saturated heterocycles. The van der Waals surface area contributed by atoms with Crippen LogP contribution in [0.3, 0.4) is 0 Å². The van der Waals surface area contributed by atoms with Gasteiger partial charge in [0.25, 0.3) is 5.91 Å². The van der Waals surface area contributed by atoms with Gasteiger partial charge in [0.1, 0.15) is 17.3 Å². The summed E-state index contributed by atoms with van der Waals surface area (Å²) in [4.78, 5) is 12.6. The van der Waals surface area contributed by atoms with Crippen LogP contribution < -0.4 is 15.4 Å². The Hall–Kier alpha value is -2.76. The molecule has 1 aliphatic heterocycles. The normalized spacial score (nSPS) is 20.4. The second-order valence-electron chi connectivity index (χ2n) is 7.94. The van der Waals surface area contributed by atoms with Gasteiger partial charge in [-0.3, -0.25) is 4.79 Å². The van der Waals surface area contributed by atoms with Crippen molar-refractivity contribution in [3.8, 4) is 11.5 Å². The van der Waals surface area contributed by atoms with Crippen molar-refractivity contribution in [1.82, 2.24) is 0 Å². The fourth-order valence-corrected chi connectivity index (χ4v) is 4.21. The average Bonchev–Trinajstić information content (AvgIpc) is 2.70. The van der Waals surface area contributed by atoms with Gasteiger partial charge in [-0.25, -0.2) is 4.39 Å². The SMILES string of the molecule is CC1(c2cc(F)c(NC(=O)C3CNc4ccccc4O3)cc2O)CCCCC1. The lowest BCUT2D eigenvalue weighted by molar-refractivity contribution is -0.122. The van der Waals surface area contributed by atoms with E-state index >= 15 is 0 Å².